The van der Waals surface area contributed by atoms with Crippen LogP contribution in [0.1, 0.15) is 6.42 Å². The molecule has 1 aliphatic heterocycles. The second kappa shape index (κ2) is 4.40. The molecular formula is C11H15N3O2. The highest BCUT2D eigenvalue weighted by Crippen LogP contribution is 2.23. The number of nitrogens with zero attached hydrogens (tertiary/aromatic N) is 1. The summed E-state index contributed by atoms with van der Waals surface area (Å²) in [6.07, 6.45) is 0.528. The van der Waals surface area contributed by atoms with E-state index >= 15 is 0 Å². The molecular weight excluding hydrogens is 206 g/mol. The van der Waals surface area contributed by atoms with E-state index in [0.717, 1.165) is 18.7 Å². The average Bonchev–Trinajstić information content (AvgIpc) is 2.64. The lowest BCUT2D eigenvalue weighted by atomic mass is 10.2. The van der Waals surface area contributed by atoms with Gasteiger partial charge in [-0.1, -0.05) is 6.07 Å². The number of nitrogens with two attached hydrogens (primary N) is 1. The molecule has 0 aromatic heterocycles. The molecule has 1 atom stereocenters. The number of benzene rings is 1. The summed E-state index contributed by atoms with van der Waals surface area (Å²) in [4.78, 5) is 12.8. The Hall–Kier alpha value is -1.75. The number of aliphatic hydroxyl groups excluding tert-OH is 1. The first kappa shape index (κ1) is 10.8. The van der Waals surface area contributed by atoms with E-state index in [0.29, 0.717) is 12.2 Å². The molecule has 86 valence electrons. The molecule has 1 fully saturated rings. The van der Waals surface area contributed by atoms with Crippen LogP contribution in [0.2, 0.25) is 0 Å². The summed E-state index contributed by atoms with van der Waals surface area (Å²) in [6.45, 7) is 1.47. The third-order valence-electron chi connectivity index (χ3n) is 2.64. The summed E-state index contributed by atoms with van der Waals surface area (Å²) in [5, 5.41) is 12.0. The maximum absolute atomic E-state index is 10.7. The predicted octanol–water partition coefficient (Wildman–Crippen LogP) is 0.748. The van der Waals surface area contributed by atoms with Crippen LogP contribution in [0.15, 0.2) is 24.3 Å². The maximum Gasteiger partial charge on any atom is 0.316 e. The molecule has 1 aromatic carbocycles. The van der Waals surface area contributed by atoms with Crippen LogP contribution in [0.5, 0.6) is 0 Å². The maximum atomic E-state index is 10.7. The standard InChI is InChI=1S/C11H15N3O2/c12-11(16)13-8-2-1-3-9(6-8)14-5-4-10(15)7-14/h1-3,6,10,15H,4-5,7H2,(H3,12,13,16). The minimum Gasteiger partial charge on any atom is -0.391 e. The molecule has 1 unspecified atom stereocenters. The molecule has 16 heavy (non-hydrogen) atoms. The van der Waals surface area contributed by atoms with Crippen LogP contribution in [0.25, 0.3) is 0 Å². The fraction of sp³-hybridized carbons (Fsp3) is 0.364. The molecule has 0 spiro atoms. The molecule has 0 aliphatic carbocycles. The monoisotopic (exact) mass is 221 g/mol. The molecule has 1 saturated heterocycles. The van der Waals surface area contributed by atoms with E-state index in [1.54, 1.807) is 6.07 Å². The van der Waals surface area contributed by atoms with E-state index in [2.05, 4.69) is 10.2 Å². The zero-order chi connectivity index (χ0) is 11.5. The second-order valence-corrected chi connectivity index (χ2v) is 3.93. The van der Waals surface area contributed by atoms with Gasteiger partial charge in [-0.2, -0.15) is 0 Å². The summed E-state index contributed by atoms with van der Waals surface area (Å²) >= 11 is 0. The van der Waals surface area contributed by atoms with Crippen molar-refractivity contribution >= 4 is 17.4 Å². The van der Waals surface area contributed by atoms with E-state index < -0.39 is 6.03 Å². The van der Waals surface area contributed by atoms with Crippen molar-refractivity contribution in [3.8, 4) is 0 Å². The SMILES string of the molecule is NC(=O)Nc1cccc(N2CCC(O)C2)c1. The molecule has 1 aliphatic rings. The van der Waals surface area contributed by atoms with Gasteiger partial charge in [0.1, 0.15) is 0 Å². The predicted molar refractivity (Wildman–Crippen MR) is 62.5 cm³/mol. The van der Waals surface area contributed by atoms with Gasteiger partial charge in [-0.25, -0.2) is 4.79 Å². The summed E-state index contributed by atoms with van der Waals surface area (Å²) in [7, 11) is 0. The Bertz CT molecular complexity index is 395. The smallest absolute Gasteiger partial charge is 0.316 e. The summed E-state index contributed by atoms with van der Waals surface area (Å²) in [6, 6.07) is 6.86. The van der Waals surface area contributed by atoms with Crippen molar-refractivity contribution in [2.45, 2.75) is 12.5 Å². The lowest BCUT2D eigenvalue weighted by molar-refractivity contribution is 0.198. The van der Waals surface area contributed by atoms with Crippen LogP contribution in [0, 0.1) is 0 Å². The molecule has 2 amide bonds. The number of hydrogen-bond acceptors (Lipinski definition) is 3. The number of carbonyl (C=O) groups is 1. The molecule has 5 nitrogen and oxygen atoms in total. The van der Waals surface area contributed by atoms with Crippen molar-refractivity contribution in [3.05, 3.63) is 24.3 Å². The normalized spacial score (nSPS) is 19.8. The van der Waals surface area contributed by atoms with Gasteiger partial charge in [-0.15, -0.1) is 0 Å². The first-order valence-electron chi connectivity index (χ1n) is 5.24. The summed E-state index contributed by atoms with van der Waals surface area (Å²) in [5.41, 5.74) is 6.71. The number of hydrogen-bond donors (Lipinski definition) is 3. The van der Waals surface area contributed by atoms with Gasteiger partial charge in [0, 0.05) is 24.5 Å². The molecule has 0 radical (unpaired) electrons. The number of β-amino-alcohol motifs (C(OH)–C–C–N with tert-alkyl or cyclic N) is 1. The van der Waals surface area contributed by atoms with Crippen molar-refractivity contribution in [2.24, 2.45) is 5.73 Å². The Labute approximate surface area is 93.9 Å². The molecule has 2 rings (SSSR count). The second-order valence-electron chi connectivity index (χ2n) is 3.93. The fourth-order valence-corrected chi connectivity index (χ4v) is 1.90. The number of rotatable bonds is 2. The Kier molecular flexibility index (Phi) is 2.96. The lowest BCUT2D eigenvalue weighted by Gasteiger charge is -2.18. The van der Waals surface area contributed by atoms with Gasteiger partial charge in [0.2, 0.25) is 0 Å². The Morgan fingerprint density at radius 3 is 3.00 bits per heavy atom. The van der Waals surface area contributed by atoms with Crippen LogP contribution in [0.3, 0.4) is 0 Å². The van der Waals surface area contributed by atoms with E-state index in [4.69, 9.17) is 5.73 Å². The first-order valence-corrected chi connectivity index (χ1v) is 5.24. The van der Waals surface area contributed by atoms with E-state index in [9.17, 15) is 9.90 Å². The van der Waals surface area contributed by atoms with E-state index in [-0.39, 0.29) is 6.10 Å². The Balaban J connectivity index is 2.12. The zero-order valence-electron chi connectivity index (χ0n) is 8.89. The van der Waals surface area contributed by atoms with E-state index in [1.165, 1.54) is 0 Å². The van der Waals surface area contributed by atoms with Crippen molar-refractivity contribution < 1.29 is 9.90 Å². The van der Waals surface area contributed by atoms with Gasteiger partial charge in [-0.05, 0) is 24.6 Å². The molecule has 0 saturated carbocycles. The fourth-order valence-electron chi connectivity index (χ4n) is 1.90. The average molecular weight is 221 g/mol. The van der Waals surface area contributed by atoms with Crippen LogP contribution in [-0.4, -0.2) is 30.3 Å². The van der Waals surface area contributed by atoms with Gasteiger partial charge >= 0.3 is 6.03 Å². The minimum atomic E-state index is -0.571. The van der Waals surface area contributed by atoms with Gasteiger partial charge in [0.15, 0.2) is 0 Å². The van der Waals surface area contributed by atoms with Gasteiger partial charge < -0.3 is 21.1 Å². The van der Waals surface area contributed by atoms with Gasteiger partial charge in [0.25, 0.3) is 0 Å². The van der Waals surface area contributed by atoms with Gasteiger partial charge in [-0.3, -0.25) is 0 Å². The van der Waals surface area contributed by atoms with Crippen molar-refractivity contribution in [1.29, 1.82) is 0 Å². The van der Waals surface area contributed by atoms with Crippen LogP contribution >= 0.6 is 0 Å². The third kappa shape index (κ3) is 2.43. The molecule has 4 N–H and O–H groups in total. The first-order chi connectivity index (χ1) is 7.65. The van der Waals surface area contributed by atoms with Crippen molar-refractivity contribution in [3.63, 3.8) is 0 Å². The number of aliphatic hydroxyl groups is 1. The minimum absolute atomic E-state index is 0.257. The highest BCUT2D eigenvalue weighted by atomic mass is 16.3. The Morgan fingerprint density at radius 2 is 2.38 bits per heavy atom. The Morgan fingerprint density at radius 1 is 1.56 bits per heavy atom. The highest BCUT2D eigenvalue weighted by Gasteiger charge is 2.20. The largest absolute Gasteiger partial charge is 0.391 e. The number of amides is 2. The number of urea groups is 1. The van der Waals surface area contributed by atoms with Crippen LogP contribution in [0.4, 0.5) is 16.2 Å². The molecule has 5 heteroatoms. The van der Waals surface area contributed by atoms with E-state index in [1.807, 2.05) is 18.2 Å². The van der Waals surface area contributed by atoms with Gasteiger partial charge in [0.05, 0.1) is 6.10 Å². The van der Waals surface area contributed by atoms with Crippen LogP contribution < -0.4 is 16.0 Å². The van der Waals surface area contributed by atoms with Crippen molar-refractivity contribution in [1.82, 2.24) is 0 Å². The third-order valence-corrected chi connectivity index (χ3v) is 2.64. The van der Waals surface area contributed by atoms with Crippen LogP contribution in [-0.2, 0) is 0 Å². The topological polar surface area (TPSA) is 78.6 Å². The molecule has 1 aromatic rings. The lowest BCUT2D eigenvalue weighted by Crippen LogP contribution is -2.22. The number of anilines is 2. The zero-order valence-corrected chi connectivity index (χ0v) is 8.89. The molecule has 1 heterocycles. The number of carbonyl (C=O) groups excluding carboxylic acids is 1. The number of primary amides is 1. The summed E-state index contributed by atoms with van der Waals surface area (Å²) < 4.78 is 0. The summed E-state index contributed by atoms with van der Waals surface area (Å²) in [5.74, 6) is 0. The number of nitrogens with one attached hydrogen (secondary N) is 1. The quantitative estimate of drug-likeness (QED) is 0.689. The van der Waals surface area contributed by atoms with Crippen molar-refractivity contribution in [2.75, 3.05) is 23.3 Å². The molecule has 0 bridgehead atoms. The highest BCUT2D eigenvalue weighted by molar-refractivity contribution is 5.88.